The molecule has 2 heteroatoms. The van der Waals surface area contributed by atoms with E-state index in [2.05, 4.69) is 41.3 Å². The monoisotopic (exact) mass is 259 g/mol. The number of nitrogens with one attached hydrogen (secondary N) is 1. The van der Waals surface area contributed by atoms with Gasteiger partial charge in [0.2, 0.25) is 0 Å². The Hall–Kier alpha value is -0.470. The number of hydrogen-bond acceptors (Lipinski definition) is 2. The molecule has 1 heterocycles. The van der Waals surface area contributed by atoms with E-state index in [0.717, 1.165) is 11.3 Å². The number of rotatable bonds is 5. The molecule has 0 aromatic heterocycles. The van der Waals surface area contributed by atoms with Gasteiger partial charge in [0.1, 0.15) is 0 Å². The Labute approximate surface area is 114 Å². The molecule has 1 aromatic carbocycles. The van der Waals surface area contributed by atoms with Crippen molar-refractivity contribution in [3.63, 3.8) is 0 Å². The Morgan fingerprint density at radius 2 is 2.06 bits per heavy atom. The molecular weight excluding hydrogens is 238 g/mol. The van der Waals surface area contributed by atoms with Gasteiger partial charge in [-0.1, -0.05) is 18.2 Å². The molecule has 3 aliphatic rings. The Kier molecular flexibility index (Phi) is 2.70. The topological polar surface area (TPSA) is 12.0 Å². The quantitative estimate of drug-likeness (QED) is 0.866. The van der Waals surface area contributed by atoms with Crippen molar-refractivity contribution in [1.29, 1.82) is 0 Å². The van der Waals surface area contributed by atoms with Gasteiger partial charge in [-0.15, -0.1) is 11.8 Å². The highest BCUT2D eigenvalue weighted by atomic mass is 32.2. The zero-order valence-electron chi connectivity index (χ0n) is 10.8. The van der Waals surface area contributed by atoms with Gasteiger partial charge in [0.05, 0.1) is 0 Å². The summed E-state index contributed by atoms with van der Waals surface area (Å²) in [6.07, 6.45) is 8.47. The Balaban J connectivity index is 1.36. The van der Waals surface area contributed by atoms with Gasteiger partial charge in [-0.25, -0.2) is 0 Å². The van der Waals surface area contributed by atoms with E-state index in [-0.39, 0.29) is 0 Å². The molecule has 1 nitrogen and oxygen atoms in total. The third-order valence-corrected chi connectivity index (χ3v) is 5.99. The van der Waals surface area contributed by atoms with Crippen LogP contribution in [-0.2, 0) is 6.42 Å². The third-order valence-electron chi connectivity index (χ3n) is 4.67. The molecule has 2 fully saturated rings. The summed E-state index contributed by atoms with van der Waals surface area (Å²) in [6.45, 7) is 1.28. The SMILES string of the molecule is c1ccc2c(c1)CC(CC1(CNC3CC3)CC1)S2. The molecule has 96 valence electrons. The molecule has 18 heavy (non-hydrogen) atoms. The summed E-state index contributed by atoms with van der Waals surface area (Å²) in [5, 5.41) is 4.58. The van der Waals surface area contributed by atoms with Gasteiger partial charge in [0.25, 0.3) is 0 Å². The number of hydrogen-bond donors (Lipinski definition) is 1. The standard InChI is InChI=1S/C16H21NS/c1-2-4-15-12(3-1)9-14(18-15)10-16(7-8-16)11-17-13-5-6-13/h1-4,13-14,17H,5-11H2. The maximum absolute atomic E-state index is 3.75. The molecule has 0 saturated heterocycles. The van der Waals surface area contributed by atoms with Crippen LogP contribution >= 0.6 is 11.8 Å². The van der Waals surface area contributed by atoms with Gasteiger partial charge in [-0.05, 0) is 55.6 Å². The Bertz CT molecular complexity index is 423. The van der Waals surface area contributed by atoms with Crippen LogP contribution < -0.4 is 5.32 Å². The van der Waals surface area contributed by atoms with Crippen molar-refractivity contribution in [2.75, 3.05) is 6.54 Å². The van der Waals surface area contributed by atoms with Crippen LogP contribution in [0.2, 0.25) is 0 Å². The predicted octanol–water partition coefficient (Wildman–Crippen LogP) is 3.63. The lowest BCUT2D eigenvalue weighted by molar-refractivity contribution is 0.419. The fourth-order valence-electron chi connectivity index (χ4n) is 3.13. The maximum Gasteiger partial charge on any atom is 0.0141 e. The van der Waals surface area contributed by atoms with Crippen LogP contribution in [0.15, 0.2) is 29.2 Å². The molecule has 1 aliphatic heterocycles. The molecular formula is C16H21NS. The summed E-state index contributed by atoms with van der Waals surface area (Å²) in [5.41, 5.74) is 2.25. The minimum atomic E-state index is 0.669. The van der Waals surface area contributed by atoms with E-state index in [4.69, 9.17) is 0 Å². The van der Waals surface area contributed by atoms with Gasteiger partial charge in [-0.3, -0.25) is 0 Å². The third kappa shape index (κ3) is 2.33. The van der Waals surface area contributed by atoms with Crippen molar-refractivity contribution in [1.82, 2.24) is 5.32 Å². The van der Waals surface area contributed by atoms with Crippen LogP contribution in [0.25, 0.3) is 0 Å². The minimum Gasteiger partial charge on any atom is -0.313 e. The highest BCUT2D eigenvalue weighted by molar-refractivity contribution is 8.00. The lowest BCUT2D eigenvalue weighted by Crippen LogP contribution is -2.28. The van der Waals surface area contributed by atoms with Crippen LogP contribution in [0.1, 0.15) is 37.7 Å². The van der Waals surface area contributed by atoms with E-state index < -0.39 is 0 Å². The largest absolute Gasteiger partial charge is 0.313 e. The summed E-state index contributed by atoms with van der Waals surface area (Å²) in [5.74, 6) is 0. The van der Waals surface area contributed by atoms with E-state index in [1.807, 2.05) is 0 Å². The second-order valence-corrected chi connectivity index (χ2v) is 7.75. The van der Waals surface area contributed by atoms with Crippen LogP contribution in [0.4, 0.5) is 0 Å². The maximum atomic E-state index is 3.75. The fraction of sp³-hybridized carbons (Fsp3) is 0.625. The second kappa shape index (κ2) is 4.28. The molecule has 0 amide bonds. The summed E-state index contributed by atoms with van der Waals surface area (Å²) >= 11 is 2.13. The number of fused-ring (bicyclic) bond motifs is 1. The van der Waals surface area contributed by atoms with E-state index in [0.29, 0.717) is 5.41 Å². The van der Waals surface area contributed by atoms with Crippen molar-refractivity contribution in [3.05, 3.63) is 29.8 Å². The highest BCUT2D eigenvalue weighted by Gasteiger charge is 2.45. The van der Waals surface area contributed by atoms with Crippen LogP contribution in [0, 0.1) is 5.41 Å². The zero-order valence-corrected chi connectivity index (χ0v) is 11.6. The lowest BCUT2D eigenvalue weighted by Gasteiger charge is -2.19. The normalized spacial score (nSPS) is 28.1. The van der Waals surface area contributed by atoms with E-state index in [1.54, 1.807) is 5.56 Å². The molecule has 1 atom stereocenters. The fourth-order valence-corrected chi connectivity index (χ4v) is 4.65. The Morgan fingerprint density at radius 1 is 1.22 bits per heavy atom. The first-order valence-electron chi connectivity index (χ1n) is 7.31. The van der Waals surface area contributed by atoms with Crippen LogP contribution in [-0.4, -0.2) is 17.8 Å². The van der Waals surface area contributed by atoms with Crippen molar-refractivity contribution < 1.29 is 0 Å². The summed E-state index contributed by atoms with van der Waals surface area (Å²) in [7, 11) is 0. The van der Waals surface area contributed by atoms with Crippen LogP contribution in [0.3, 0.4) is 0 Å². The molecule has 2 saturated carbocycles. The summed E-state index contributed by atoms with van der Waals surface area (Å²) in [4.78, 5) is 1.54. The first-order chi connectivity index (χ1) is 8.83. The van der Waals surface area contributed by atoms with Gasteiger partial charge in [-0.2, -0.15) is 0 Å². The summed E-state index contributed by atoms with van der Waals surface area (Å²) in [6, 6.07) is 9.83. The van der Waals surface area contributed by atoms with E-state index in [1.165, 1.54) is 50.0 Å². The van der Waals surface area contributed by atoms with Crippen molar-refractivity contribution >= 4 is 11.8 Å². The smallest absolute Gasteiger partial charge is 0.0141 e. The van der Waals surface area contributed by atoms with Crippen molar-refractivity contribution in [2.24, 2.45) is 5.41 Å². The van der Waals surface area contributed by atoms with Gasteiger partial charge >= 0.3 is 0 Å². The lowest BCUT2D eigenvalue weighted by atomic mass is 9.96. The molecule has 0 spiro atoms. The second-order valence-electron chi connectivity index (χ2n) is 6.41. The van der Waals surface area contributed by atoms with Crippen LogP contribution in [0.5, 0.6) is 0 Å². The number of thioether (sulfide) groups is 1. The highest BCUT2D eigenvalue weighted by Crippen LogP contribution is 2.53. The zero-order chi connectivity index (χ0) is 12.0. The summed E-state index contributed by atoms with van der Waals surface area (Å²) < 4.78 is 0. The predicted molar refractivity (Wildman–Crippen MR) is 77.1 cm³/mol. The molecule has 0 radical (unpaired) electrons. The first-order valence-corrected chi connectivity index (χ1v) is 8.19. The van der Waals surface area contributed by atoms with Crippen molar-refractivity contribution in [2.45, 2.75) is 54.7 Å². The average Bonchev–Trinajstić information content (AvgIpc) is 3.26. The first kappa shape index (κ1) is 11.4. The van der Waals surface area contributed by atoms with Gasteiger partial charge in [0.15, 0.2) is 0 Å². The molecule has 1 aromatic rings. The molecule has 1 unspecified atom stereocenters. The minimum absolute atomic E-state index is 0.669. The van der Waals surface area contributed by atoms with Gasteiger partial charge < -0.3 is 5.32 Å². The molecule has 4 rings (SSSR count). The van der Waals surface area contributed by atoms with Crippen molar-refractivity contribution in [3.8, 4) is 0 Å². The molecule has 2 aliphatic carbocycles. The van der Waals surface area contributed by atoms with E-state index in [9.17, 15) is 0 Å². The number of benzene rings is 1. The van der Waals surface area contributed by atoms with E-state index >= 15 is 0 Å². The van der Waals surface area contributed by atoms with Gasteiger partial charge in [0, 0.05) is 22.7 Å². The average molecular weight is 259 g/mol. The Morgan fingerprint density at radius 3 is 2.78 bits per heavy atom. The molecule has 0 bridgehead atoms. The molecule has 1 N–H and O–H groups in total.